The molecule has 0 bridgehead atoms. The van der Waals surface area contributed by atoms with Crippen LogP contribution in [0.2, 0.25) is 0 Å². The van der Waals surface area contributed by atoms with Crippen molar-refractivity contribution in [1.29, 1.82) is 0 Å². The topological polar surface area (TPSA) is 94.6 Å². The predicted octanol–water partition coefficient (Wildman–Crippen LogP) is 4.02. The van der Waals surface area contributed by atoms with Crippen LogP contribution in [-0.4, -0.2) is 17.4 Å². The number of ether oxygens (including phenoxy) is 1. The van der Waals surface area contributed by atoms with Crippen LogP contribution < -0.4 is 15.8 Å². The molecule has 29 heavy (non-hydrogen) atoms. The van der Waals surface area contributed by atoms with E-state index in [4.69, 9.17) is 14.9 Å². The van der Waals surface area contributed by atoms with Crippen LogP contribution >= 0.6 is 0 Å². The zero-order valence-corrected chi connectivity index (χ0v) is 16.5. The fourth-order valence-electron chi connectivity index (χ4n) is 3.79. The maximum Gasteiger partial charge on any atom is 0.256 e. The molecule has 1 unspecified atom stereocenters. The minimum atomic E-state index is -0.955. The first-order valence-electron chi connectivity index (χ1n) is 9.77. The van der Waals surface area contributed by atoms with E-state index in [1.165, 1.54) is 0 Å². The summed E-state index contributed by atoms with van der Waals surface area (Å²) in [5.74, 6) is 0.276. The van der Waals surface area contributed by atoms with Crippen molar-refractivity contribution in [3.8, 4) is 5.75 Å². The zero-order chi connectivity index (χ0) is 20.6. The Labute approximate surface area is 169 Å². The first-order chi connectivity index (χ1) is 13.9. The van der Waals surface area contributed by atoms with Gasteiger partial charge in [-0.3, -0.25) is 9.59 Å². The lowest BCUT2D eigenvalue weighted by atomic mass is 9.76. The monoisotopic (exact) mass is 392 g/mol. The number of rotatable bonds is 6. The number of primary amides is 1. The van der Waals surface area contributed by atoms with Gasteiger partial charge in [0.15, 0.2) is 0 Å². The third-order valence-electron chi connectivity index (χ3n) is 5.68. The summed E-state index contributed by atoms with van der Waals surface area (Å²) in [6.07, 6.45) is 1.84. The van der Waals surface area contributed by atoms with Crippen molar-refractivity contribution < 1.29 is 18.7 Å². The molecule has 0 aliphatic heterocycles. The SMILES string of the molecule is Cc1oc2ccc(OC(C)c3ccccc3)cc2c1C(=O)NC1(C(N)=O)CCC1. The number of carbonyl (C=O) groups is 2. The Bertz CT molecular complexity index is 1070. The van der Waals surface area contributed by atoms with Crippen molar-refractivity contribution in [3.05, 3.63) is 65.4 Å². The van der Waals surface area contributed by atoms with E-state index >= 15 is 0 Å². The van der Waals surface area contributed by atoms with E-state index in [1.54, 1.807) is 19.1 Å². The minimum absolute atomic E-state index is 0.146. The quantitative estimate of drug-likeness (QED) is 0.662. The van der Waals surface area contributed by atoms with Crippen LogP contribution in [0.5, 0.6) is 5.75 Å². The van der Waals surface area contributed by atoms with E-state index < -0.39 is 11.4 Å². The molecular weight excluding hydrogens is 368 g/mol. The molecule has 1 saturated carbocycles. The molecule has 4 rings (SSSR count). The van der Waals surface area contributed by atoms with Crippen LogP contribution in [0.25, 0.3) is 11.0 Å². The van der Waals surface area contributed by atoms with Crippen molar-refractivity contribution in [2.45, 2.75) is 44.8 Å². The molecule has 1 aliphatic rings. The molecule has 1 aromatic heterocycles. The Morgan fingerprint density at radius 1 is 1.17 bits per heavy atom. The molecule has 1 heterocycles. The lowest BCUT2D eigenvalue weighted by Gasteiger charge is -2.39. The highest BCUT2D eigenvalue weighted by Gasteiger charge is 2.44. The van der Waals surface area contributed by atoms with Crippen LogP contribution in [0, 0.1) is 6.92 Å². The number of aryl methyl sites for hydroxylation is 1. The van der Waals surface area contributed by atoms with Crippen molar-refractivity contribution in [3.63, 3.8) is 0 Å². The summed E-state index contributed by atoms with van der Waals surface area (Å²) in [5.41, 5.74) is 6.62. The van der Waals surface area contributed by atoms with Crippen LogP contribution in [0.3, 0.4) is 0 Å². The number of carbonyl (C=O) groups excluding carboxylic acids is 2. The van der Waals surface area contributed by atoms with Gasteiger partial charge in [-0.05, 0) is 56.9 Å². The molecule has 3 N–H and O–H groups in total. The van der Waals surface area contributed by atoms with Gasteiger partial charge in [-0.1, -0.05) is 30.3 Å². The predicted molar refractivity (Wildman–Crippen MR) is 110 cm³/mol. The fraction of sp³-hybridized carbons (Fsp3) is 0.304. The summed E-state index contributed by atoms with van der Waals surface area (Å²) in [7, 11) is 0. The highest BCUT2D eigenvalue weighted by atomic mass is 16.5. The number of furan rings is 1. The summed E-state index contributed by atoms with van der Waals surface area (Å²) >= 11 is 0. The van der Waals surface area contributed by atoms with E-state index in [2.05, 4.69) is 5.32 Å². The van der Waals surface area contributed by atoms with E-state index in [9.17, 15) is 9.59 Å². The zero-order valence-electron chi connectivity index (χ0n) is 16.5. The van der Waals surface area contributed by atoms with Gasteiger partial charge in [-0.25, -0.2) is 0 Å². The van der Waals surface area contributed by atoms with Crippen LogP contribution in [0.1, 0.15) is 54.0 Å². The molecule has 0 saturated heterocycles. The normalized spacial score (nSPS) is 16.1. The Balaban J connectivity index is 1.63. The molecule has 6 nitrogen and oxygen atoms in total. The standard InChI is InChI=1S/C23H24N2O4/c1-14(16-7-4-3-5-8-16)28-17-9-10-19-18(13-17)20(15(2)29-19)21(26)25-23(22(24)27)11-6-12-23/h3-5,7-10,13-14H,6,11-12H2,1-2H3,(H2,24,27)(H,25,26). The second-order valence-corrected chi connectivity index (χ2v) is 7.62. The highest BCUT2D eigenvalue weighted by molar-refractivity contribution is 6.09. The molecule has 1 atom stereocenters. The minimum Gasteiger partial charge on any atom is -0.486 e. The van der Waals surface area contributed by atoms with Crippen molar-refractivity contribution in [2.24, 2.45) is 5.73 Å². The number of nitrogens with one attached hydrogen (secondary N) is 1. The van der Waals surface area contributed by atoms with Gasteiger partial charge in [0.1, 0.15) is 28.7 Å². The second-order valence-electron chi connectivity index (χ2n) is 7.62. The summed E-state index contributed by atoms with van der Waals surface area (Å²) < 4.78 is 11.8. The van der Waals surface area contributed by atoms with Gasteiger partial charge < -0.3 is 20.2 Å². The number of nitrogens with two attached hydrogens (primary N) is 1. The van der Waals surface area contributed by atoms with Crippen LogP contribution in [0.15, 0.2) is 52.9 Å². The molecule has 0 radical (unpaired) electrons. The lowest BCUT2D eigenvalue weighted by Crippen LogP contribution is -2.61. The molecule has 6 heteroatoms. The third kappa shape index (κ3) is 3.46. The molecule has 150 valence electrons. The second kappa shape index (κ2) is 7.28. The van der Waals surface area contributed by atoms with Crippen molar-refractivity contribution in [1.82, 2.24) is 5.32 Å². The van der Waals surface area contributed by atoms with Crippen molar-refractivity contribution in [2.75, 3.05) is 0 Å². The average molecular weight is 392 g/mol. The van der Waals surface area contributed by atoms with Gasteiger partial charge >= 0.3 is 0 Å². The average Bonchev–Trinajstić information content (AvgIpc) is 3.00. The number of hydrogen-bond acceptors (Lipinski definition) is 4. The van der Waals surface area contributed by atoms with E-state index in [1.807, 2.05) is 43.3 Å². The maximum absolute atomic E-state index is 13.0. The fourth-order valence-corrected chi connectivity index (χ4v) is 3.79. The molecule has 0 spiro atoms. The third-order valence-corrected chi connectivity index (χ3v) is 5.68. The summed E-state index contributed by atoms with van der Waals surface area (Å²) in [6, 6.07) is 15.3. The molecule has 3 aromatic rings. The summed E-state index contributed by atoms with van der Waals surface area (Å²) in [5, 5.41) is 3.49. The van der Waals surface area contributed by atoms with E-state index in [0.717, 1.165) is 12.0 Å². The smallest absolute Gasteiger partial charge is 0.256 e. The summed E-state index contributed by atoms with van der Waals surface area (Å²) in [4.78, 5) is 24.8. The van der Waals surface area contributed by atoms with Crippen LogP contribution in [0.4, 0.5) is 0 Å². The lowest BCUT2D eigenvalue weighted by molar-refractivity contribution is -0.127. The Morgan fingerprint density at radius 3 is 2.52 bits per heavy atom. The van der Waals surface area contributed by atoms with Gasteiger partial charge in [0.25, 0.3) is 5.91 Å². The number of fused-ring (bicyclic) bond motifs is 1. The van der Waals surface area contributed by atoms with E-state index in [0.29, 0.717) is 40.9 Å². The molecular formula is C23H24N2O4. The molecule has 1 fully saturated rings. The van der Waals surface area contributed by atoms with Gasteiger partial charge in [0, 0.05) is 5.39 Å². The Kier molecular flexibility index (Phi) is 4.78. The first-order valence-corrected chi connectivity index (χ1v) is 9.77. The van der Waals surface area contributed by atoms with Gasteiger partial charge in [-0.15, -0.1) is 0 Å². The number of benzene rings is 2. The Morgan fingerprint density at radius 2 is 1.90 bits per heavy atom. The molecule has 1 aliphatic carbocycles. The van der Waals surface area contributed by atoms with Crippen molar-refractivity contribution >= 4 is 22.8 Å². The number of amides is 2. The molecule has 2 aromatic carbocycles. The van der Waals surface area contributed by atoms with Crippen LogP contribution in [-0.2, 0) is 4.79 Å². The molecule has 2 amide bonds. The van der Waals surface area contributed by atoms with E-state index in [-0.39, 0.29) is 12.0 Å². The Hall–Kier alpha value is -3.28. The highest BCUT2D eigenvalue weighted by Crippen LogP contribution is 2.34. The van der Waals surface area contributed by atoms with Gasteiger partial charge in [-0.2, -0.15) is 0 Å². The number of hydrogen-bond donors (Lipinski definition) is 2. The van der Waals surface area contributed by atoms with Gasteiger partial charge in [0.05, 0.1) is 5.56 Å². The largest absolute Gasteiger partial charge is 0.486 e. The maximum atomic E-state index is 13.0. The van der Waals surface area contributed by atoms with Gasteiger partial charge in [0.2, 0.25) is 5.91 Å². The summed E-state index contributed by atoms with van der Waals surface area (Å²) in [6.45, 7) is 3.71. The first kappa shape index (κ1) is 19.1.